The summed E-state index contributed by atoms with van der Waals surface area (Å²) in [7, 11) is 1.76. The van der Waals surface area contributed by atoms with Gasteiger partial charge in [0.2, 0.25) is 0 Å². The smallest absolute Gasteiger partial charge is 0.343 e. The van der Waals surface area contributed by atoms with Gasteiger partial charge in [-0.3, -0.25) is 0 Å². The quantitative estimate of drug-likeness (QED) is 0.863. The summed E-state index contributed by atoms with van der Waals surface area (Å²) in [4.78, 5) is 12.0. The first kappa shape index (κ1) is 14.0. The Kier molecular flexibility index (Phi) is 4.55. The maximum absolute atomic E-state index is 12.0. The number of carbonyl (C=O) groups excluding carboxylic acids is 1. The van der Waals surface area contributed by atoms with Gasteiger partial charge in [0, 0.05) is 11.5 Å². The van der Waals surface area contributed by atoms with Crippen molar-refractivity contribution >= 4 is 38.4 Å². The Bertz CT molecular complexity index is 581. The molecule has 6 heteroatoms. The van der Waals surface area contributed by atoms with Crippen molar-refractivity contribution in [3.8, 4) is 0 Å². The Labute approximate surface area is 124 Å². The molecule has 0 radical (unpaired) electrons. The lowest BCUT2D eigenvalue weighted by Crippen LogP contribution is -2.08. The molecule has 0 saturated heterocycles. The third-order valence-corrected chi connectivity index (χ3v) is 4.06. The predicted molar refractivity (Wildman–Crippen MR) is 79.7 cm³/mol. The van der Waals surface area contributed by atoms with E-state index in [2.05, 4.69) is 25.6 Å². The van der Waals surface area contributed by atoms with Crippen molar-refractivity contribution in [3.63, 3.8) is 0 Å². The number of esters is 1. The molecule has 0 bridgehead atoms. The fourth-order valence-corrected chi connectivity index (χ4v) is 2.58. The van der Waals surface area contributed by atoms with Gasteiger partial charge < -0.3 is 10.1 Å². The number of anilines is 1. The number of halogens is 1. The number of hydrogen-bond acceptors (Lipinski definition) is 5. The molecule has 0 fully saturated rings. The highest BCUT2D eigenvalue weighted by molar-refractivity contribution is 9.10. The van der Waals surface area contributed by atoms with Gasteiger partial charge in [-0.2, -0.15) is 4.37 Å². The van der Waals surface area contributed by atoms with E-state index >= 15 is 0 Å². The van der Waals surface area contributed by atoms with E-state index in [-0.39, 0.29) is 12.6 Å². The zero-order valence-electron chi connectivity index (χ0n) is 10.6. The van der Waals surface area contributed by atoms with Gasteiger partial charge in [0.25, 0.3) is 0 Å². The number of carbonyl (C=O) groups is 1. The summed E-state index contributed by atoms with van der Waals surface area (Å²) in [5.41, 5.74) is 2.16. The number of nitrogens with zero attached hydrogens (tertiary/aromatic N) is 1. The standard InChI is InChI=1S/C13H13BrN2O2S/c1-8-11(12(15-2)19-16-8)13(17)18-7-9-3-5-10(14)6-4-9/h3-6,15H,7H2,1-2H3. The van der Waals surface area contributed by atoms with Gasteiger partial charge >= 0.3 is 5.97 Å². The van der Waals surface area contributed by atoms with Crippen molar-refractivity contribution in [1.29, 1.82) is 0 Å². The monoisotopic (exact) mass is 340 g/mol. The van der Waals surface area contributed by atoms with Gasteiger partial charge in [0.15, 0.2) is 0 Å². The van der Waals surface area contributed by atoms with E-state index < -0.39 is 0 Å². The fraction of sp³-hybridized carbons (Fsp3) is 0.231. The third kappa shape index (κ3) is 3.33. The Morgan fingerprint density at radius 1 is 1.42 bits per heavy atom. The molecule has 0 aliphatic carbocycles. The van der Waals surface area contributed by atoms with Gasteiger partial charge in [-0.15, -0.1) is 0 Å². The molecule has 0 aliphatic heterocycles. The Morgan fingerprint density at radius 2 is 2.11 bits per heavy atom. The number of benzene rings is 1. The van der Waals surface area contributed by atoms with Crippen LogP contribution in [-0.4, -0.2) is 17.4 Å². The molecule has 1 heterocycles. The SMILES string of the molecule is CNc1snc(C)c1C(=O)OCc1ccc(Br)cc1. The normalized spacial score (nSPS) is 10.3. The van der Waals surface area contributed by atoms with E-state index in [1.165, 1.54) is 11.5 Å². The van der Waals surface area contributed by atoms with Crippen LogP contribution in [-0.2, 0) is 11.3 Å². The summed E-state index contributed by atoms with van der Waals surface area (Å²) in [6.45, 7) is 2.05. The molecule has 2 rings (SSSR count). The van der Waals surface area contributed by atoms with Crippen molar-refractivity contribution in [3.05, 3.63) is 45.6 Å². The van der Waals surface area contributed by atoms with Crippen molar-refractivity contribution < 1.29 is 9.53 Å². The molecule has 0 spiro atoms. The van der Waals surface area contributed by atoms with Crippen LogP contribution in [0.4, 0.5) is 5.00 Å². The minimum Gasteiger partial charge on any atom is -0.457 e. The number of nitrogens with one attached hydrogen (secondary N) is 1. The lowest BCUT2D eigenvalue weighted by Gasteiger charge is -2.06. The lowest BCUT2D eigenvalue weighted by molar-refractivity contribution is 0.0473. The van der Waals surface area contributed by atoms with Crippen molar-refractivity contribution in [2.75, 3.05) is 12.4 Å². The average molecular weight is 341 g/mol. The summed E-state index contributed by atoms with van der Waals surface area (Å²) >= 11 is 4.62. The second kappa shape index (κ2) is 6.16. The van der Waals surface area contributed by atoms with Crippen LogP contribution in [0.2, 0.25) is 0 Å². The van der Waals surface area contributed by atoms with Crippen LogP contribution in [0.15, 0.2) is 28.7 Å². The van der Waals surface area contributed by atoms with E-state index in [1.807, 2.05) is 24.3 Å². The van der Waals surface area contributed by atoms with E-state index in [0.29, 0.717) is 11.3 Å². The number of aryl methyl sites for hydroxylation is 1. The summed E-state index contributed by atoms with van der Waals surface area (Å²) < 4.78 is 10.5. The van der Waals surface area contributed by atoms with Gasteiger partial charge in [-0.1, -0.05) is 28.1 Å². The Hall–Kier alpha value is -1.40. The van der Waals surface area contributed by atoms with Crippen molar-refractivity contribution in [1.82, 2.24) is 4.37 Å². The molecule has 1 N–H and O–H groups in total. The van der Waals surface area contributed by atoms with E-state index in [4.69, 9.17) is 4.74 Å². The van der Waals surface area contributed by atoms with Crippen LogP contribution in [0.25, 0.3) is 0 Å². The predicted octanol–water partition coefficient (Wildman–Crippen LogP) is 3.61. The highest BCUT2D eigenvalue weighted by Gasteiger charge is 2.19. The van der Waals surface area contributed by atoms with Crippen molar-refractivity contribution in [2.45, 2.75) is 13.5 Å². The summed E-state index contributed by atoms with van der Waals surface area (Å²) in [5, 5.41) is 3.69. The van der Waals surface area contributed by atoms with Gasteiger partial charge in [0.05, 0.1) is 5.69 Å². The third-order valence-electron chi connectivity index (χ3n) is 2.58. The summed E-state index contributed by atoms with van der Waals surface area (Å²) in [6.07, 6.45) is 0. The fourth-order valence-electron chi connectivity index (χ4n) is 1.58. The topological polar surface area (TPSA) is 51.2 Å². The minimum atomic E-state index is -0.349. The minimum absolute atomic E-state index is 0.255. The van der Waals surface area contributed by atoms with Crippen LogP contribution in [0.1, 0.15) is 21.6 Å². The number of hydrogen-bond donors (Lipinski definition) is 1. The molecule has 19 heavy (non-hydrogen) atoms. The number of ether oxygens (including phenoxy) is 1. The molecule has 0 amide bonds. The van der Waals surface area contributed by atoms with Crippen LogP contribution < -0.4 is 5.32 Å². The molecule has 0 saturated carbocycles. The Morgan fingerprint density at radius 3 is 2.74 bits per heavy atom. The maximum Gasteiger partial charge on any atom is 0.343 e. The first-order valence-corrected chi connectivity index (χ1v) is 7.24. The van der Waals surface area contributed by atoms with E-state index in [9.17, 15) is 4.79 Å². The molecule has 0 unspecified atom stereocenters. The first-order valence-electron chi connectivity index (χ1n) is 5.67. The Balaban J connectivity index is 2.05. The van der Waals surface area contributed by atoms with Gasteiger partial charge in [-0.25, -0.2) is 4.79 Å². The molecule has 100 valence electrons. The second-order valence-electron chi connectivity index (χ2n) is 3.92. The molecule has 0 atom stereocenters. The van der Waals surface area contributed by atoms with Crippen LogP contribution in [0.5, 0.6) is 0 Å². The molecule has 1 aromatic carbocycles. The lowest BCUT2D eigenvalue weighted by atomic mass is 10.2. The molecule has 2 aromatic rings. The molecular formula is C13H13BrN2O2S. The maximum atomic E-state index is 12.0. The highest BCUT2D eigenvalue weighted by atomic mass is 79.9. The highest BCUT2D eigenvalue weighted by Crippen LogP contribution is 2.25. The van der Waals surface area contributed by atoms with E-state index in [1.54, 1.807) is 14.0 Å². The van der Waals surface area contributed by atoms with Crippen LogP contribution in [0, 0.1) is 6.92 Å². The average Bonchev–Trinajstić information content (AvgIpc) is 2.79. The van der Waals surface area contributed by atoms with Crippen LogP contribution >= 0.6 is 27.5 Å². The zero-order valence-corrected chi connectivity index (χ0v) is 13.0. The molecule has 4 nitrogen and oxygen atoms in total. The number of aromatic nitrogens is 1. The van der Waals surface area contributed by atoms with E-state index in [0.717, 1.165) is 15.0 Å². The summed E-state index contributed by atoms with van der Waals surface area (Å²) in [5.74, 6) is -0.349. The van der Waals surface area contributed by atoms with Crippen molar-refractivity contribution in [2.24, 2.45) is 0 Å². The molecule has 1 aromatic heterocycles. The van der Waals surface area contributed by atoms with Crippen LogP contribution in [0.3, 0.4) is 0 Å². The molecular weight excluding hydrogens is 328 g/mol. The zero-order chi connectivity index (χ0) is 13.8. The summed E-state index contributed by atoms with van der Waals surface area (Å²) in [6, 6.07) is 7.66. The number of rotatable bonds is 4. The van der Waals surface area contributed by atoms with Gasteiger partial charge in [-0.05, 0) is 36.2 Å². The second-order valence-corrected chi connectivity index (χ2v) is 5.61. The largest absolute Gasteiger partial charge is 0.457 e. The first-order chi connectivity index (χ1) is 9.11. The molecule has 0 aliphatic rings. The van der Waals surface area contributed by atoms with Gasteiger partial charge in [0.1, 0.15) is 17.2 Å².